The number of nitrogens with one attached hydrogen (secondary N) is 1. The topological polar surface area (TPSA) is 67.8 Å². The van der Waals surface area contributed by atoms with E-state index in [1.807, 2.05) is 6.08 Å². The Balaban J connectivity index is 1.12. The third-order valence-corrected chi connectivity index (χ3v) is 11.8. The van der Waals surface area contributed by atoms with Crippen molar-refractivity contribution in [3.05, 3.63) is 41.5 Å². The molecule has 39 heavy (non-hydrogen) atoms. The molecule has 214 valence electrons. The van der Waals surface area contributed by atoms with Crippen LogP contribution < -0.4 is 10.1 Å². The first kappa shape index (κ1) is 27.5. The Morgan fingerprint density at radius 1 is 1.08 bits per heavy atom. The molecule has 5 nitrogen and oxygen atoms in total. The summed E-state index contributed by atoms with van der Waals surface area (Å²) in [5.74, 6) is 3.16. The van der Waals surface area contributed by atoms with E-state index in [1.54, 1.807) is 0 Å². The van der Waals surface area contributed by atoms with E-state index in [1.165, 1.54) is 24.0 Å². The number of aliphatic hydroxyl groups excluding tert-OH is 1. The van der Waals surface area contributed by atoms with Crippen LogP contribution in [-0.4, -0.2) is 42.9 Å². The van der Waals surface area contributed by atoms with Crippen molar-refractivity contribution < 1.29 is 19.4 Å². The van der Waals surface area contributed by atoms with Gasteiger partial charge in [0.1, 0.15) is 5.75 Å². The summed E-state index contributed by atoms with van der Waals surface area (Å²) in [5.41, 5.74) is 2.88. The first-order valence-electron chi connectivity index (χ1n) is 15.9. The molecule has 0 spiro atoms. The lowest BCUT2D eigenvalue weighted by Gasteiger charge is -2.58. The molecule has 4 aliphatic carbocycles. The molecule has 5 heteroatoms. The van der Waals surface area contributed by atoms with Gasteiger partial charge in [-0.25, -0.2) is 0 Å². The molecular weight excluding hydrogens is 486 g/mol. The zero-order chi connectivity index (χ0) is 27.0. The van der Waals surface area contributed by atoms with Crippen molar-refractivity contribution >= 4 is 5.78 Å². The fraction of sp³-hybridized carbons (Fsp3) is 0.735. The number of carbonyl (C=O) groups is 1. The number of aliphatic hydroxyl groups is 1. The van der Waals surface area contributed by atoms with Gasteiger partial charge >= 0.3 is 0 Å². The van der Waals surface area contributed by atoms with Gasteiger partial charge in [0, 0.05) is 37.1 Å². The second-order valence-corrected chi connectivity index (χ2v) is 13.5. The van der Waals surface area contributed by atoms with Crippen LogP contribution in [0.4, 0.5) is 0 Å². The number of ketones is 1. The Morgan fingerprint density at radius 3 is 2.74 bits per heavy atom. The Labute approximate surface area is 235 Å². The van der Waals surface area contributed by atoms with Gasteiger partial charge in [0.05, 0.1) is 12.7 Å². The van der Waals surface area contributed by atoms with Gasteiger partial charge in [0.15, 0.2) is 5.78 Å². The summed E-state index contributed by atoms with van der Waals surface area (Å²) in [6.45, 7) is 7.05. The first-order valence-corrected chi connectivity index (χ1v) is 15.9. The van der Waals surface area contributed by atoms with Crippen molar-refractivity contribution in [2.45, 2.75) is 109 Å². The summed E-state index contributed by atoms with van der Waals surface area (Å²) < 4.78 is 12.0. The normalized spacial score (nSPS) is 37.4. The van der Waals surface area contributed by atoms with Gasteiger partial charge in [0.25, 0.3) is 0 Å². The molecule has 4 fully saturated rings. The molecule has 1 aliphatic heterocycles. The van der Waals surface area contributed by atoms with Gasteiger partial charge < -0.3 is 19.9 Å². The van der Waals surface area contributed by atoms with E-state index in [4.69, 9.17) is 9.47 Å². The van der Waals surface area contributed by atoms with Crippen molar-refractivity contribution in [1.29, 1.82) is 0 Å². The number of hydrogen-bond donors (Lipinski definition) is 2. The molecule has 1 heterocycles. The molecule has 1 aromatic rings. The highest BCUT2D eigenvalue weighted by atomic mass is 16.5. The molecule has 7 atom stereocenters. The summed E-state index contributed by atoms with van der Waals surface area (Å²) in [6.07, 6.45) is 14.2. The quantitative estimate of drug-likeness (QED) is 0.395. The highest BCUT2D eigenvalue weighted by Gasteiger charge is 2.60. The molecule has 1 aromatic carbocycles. The van der Waals surface area contributed by atoms with Gasteiger partial charge in [-0.3, -0.25) is 4.79 Å². The number of ether oxygens (including phenoxy) is 2. The molecule has 3 saturated carbocycles. The second-order valence-electron chi connectivity index (χ2n) is 13.5. The molecule has 0 radical (unpaired) electrons. The van der Waals surface area contributed by atoms with Gasteiger partial charge in [-0.2, -0.15) is 0 Å². The Kier molecular flexibility index (Phi) is 7.96. The second kappa shape index (κ2) is 11.3. The van der Waals surface area contributed by atoms with Crippen LogP contribution in [0, 0.1) is 28.6 Å². The van der Waals surface area contributed by atoms with Crippen LogP contribution in [0.3, 0.4) is 0 Å². The lowest BCUT2D eigenvalue weighted by atomic mass is 9.46. The molecule has 6 rings (SSSR count). The van der Waals surface area contributed by atoms with Crippen molar-refractivity contribution in [3.8, 4) is 5.75 Å². The number of allylic oxidation sites excluding steroid dienone is 1. The number of hydrogen-bond acceptors (Lipinski definition) is 5. The van der Waals surface area contributed by atoms with E-state index >= 15 is 0 Å². The Morgan fingerprint density at radius 2 is 1.92 bits per heavy atom. The maximum atomic E-state index is 12.2. The van der Waals surface area contributed by atoms with E-state index in [2.05, 4.69) is 43.4 Å². The van der Waals surface area contributed by atoms with Gasteiger partial charge in [-0.15, -0.1) is 0 Å². The highest BCUT2D eigenvalue weighted by Crippen LogP contribution is 2.66. The fourth-order valence-electron chi connectivity index (χ4n) is 9.60. The first-order chi connectivity index (χ1) is 18.9. The number of rotatable bonds is 8. The van der Waals surface area contributed by atoms with E-state index in [0.29, 0.717) is 48.6 Å². The molecule has 0 amide bonds. The third kappa shape index (κ3) is 5.13. The predicted molar refractivity (Wildman–Crippen MR) is 154 cm³/mol. The monoisotopic (exact) mass is 535 g/mol. The minimum atomic E-state index is -0.218. The summed E-state index contributed by atoms with van der Waals surface area (Å²) in [5, 5.41) is 15.2. The molecule has 0 bridgehead atoms. The highest BCUT2D eigenvalue weighted by molar-refractivity contribution is 5.91. The zero-order valence-electron chi connectivity index (χ0n) is 24.1. The SMILES string of the molecule is CCC(NC1CCOCC1)c1cccc(OCC[C@]23CCC4C(CCC5=CC(=O)CC[C@@]54C)C2CCC3O)c1. The van der Waals surface area contributed by atoms with Gasteiger partial charge in [-0.1, -0.05) is 31.6 Å². The minimum absolute atomic E-state index is 0.0165. The molecule has 5 unspecified atom stereocenters. The fourth-order valence-corrected chi connectivity index (χ4v) is 9.60. The van der Waals surface area contributed by atoms with Gasteiger partial charge in [0.2, 0.25) is 0 Å². The van der Waals surface area contributed by atoms with Gasteiger partial charge in [-0.05, 0) is 118 Å². The van der Waals surface area contributed by atoms with Crippen molar-refractivity contribution in [2.75, 3.05) is 19.8 Å². The lowest BCUT2D eigenvalue weighted by molar-refractivity contribution is -0.118. The summed E-state index contributed by atoms with van der Waals surface area (Å²) >= 11 is 0. The summed E-state index contributed by atoms with van der Waals surface area (Å²) in [4.78, 5) is 12.2. The van der Waals surface area contributed by atoms with Crippen LogP contribution in [0.15, 0.2) is 35.9 Å². The van der Waals surface area contributed by atoms with Crippen LogP contribution in [0.25, 0.3) is 0 Å². The number of carbonyl (C=O) groups excluding carboxylic acids is 1. The lowest BCUT2D eigenvalue weighted by Crippen LogP contribution is -2.52. The smallest absolute Gasteiger partial charge is 0.155 e. The van der Waals surface area contributed by atoms with Crippen LogP contribution in [-0.2, 0) is 9.53 Å². The molecular formula is C34H49NO4. The van der Waals surface area contributed by atoms with E-state index in [-0.39, 0.29) is 16.9 Å². The van der Waals surface area contributed by atoms with Crippen LogP contribution >= 0.6 is 0 Å². The predicted octanol–water partition coefficient (Wildman–Crippen LogP) is 6.55. The molecule has 1 saturated heterocycles. The number of fused-ring (bicyclic) bond motifs is 5. The van der Waals surface area contributed by atoms with E-state index in [0.717, 1.165) is 76.8 Å². The van der Waals surface area contributed by atoms with Crippen LogP contribution in [0.5, 0.6) is 5.75 Å². The Bertz CT molecular complexity index is 1060. The van der Waals surface area contributed by atoms with E-state index < -0.39 is 0 Å². The van der Waals surface area contributed by atoms with E-state index in [9.17, 15) is 9.90 Å². The molecule has 0 aromatic heterocycles. The Hall–Kier alpha value is -1.69. The van der Waals surface area contributed by atoms with Crippen molar-refractivity contribution in [3.63, 3.8) is 0 Å². The minimum Gasteiger partial charge on any atom is -0.494 e. The average molecular weight is 536 g/mol. The molecule has 5 aliphatic rings. The third-order valence-electron chi connectivity index (χ3n) is 11.8. The number of benzene rings is 1. The average Bonchev–Trinajstić information content (AvgIpc) is 3.29. The largest absolute Gasteiger partial charge is 0.494 e. The summed E-state index contributed by atoms with van der Waals surface area (Å²) in [7, 11) is 0. The maximum Gasteiger partial charge on any atom is 0.155 e. The standard InChI is InChI=1S/C34H49NO4/c1-3-31(35-25-13-18-38-19-14-25)23-5-4-6-27(21-23)39-20-17-34-16-12-29-28(30(34)9-10-32(34)37)8-7-24-22-26(36)11-15-33(24,29)2/h4-6,21-22,25,28-32,35,37H,3,7-20H2,1-2H3/t28?,29?,30?,31?,32?,33-,34+/m0/s1. The van der Waals surface area contributed by atoms with Crippen molar-refractivity contribution in [1.82, 2.24) is 5.32 Å². The van der Waals surface area contributed by atoms with Crippen LogP contribution in [0.2, 0.25) is 0 Å². The van der Waals surface area contributed by atoms with Crippen LogP contribution in [0.1, 0.15) is 103 Å². The zero-order valence-corrected chi connectivity index (χ0v) is 24.1. The summed E-state index contributed by atoms with van der Waals surface area (Å²) in [6, 6.07) is 9.49. The maximum absolute atomic E-state index is 12.2. The van der Waals surface area contributed by atoms with Crippen molar-refractivity contribution in [2.24, 2.45) is 28.6 Å². The molecule has 2 N–H and O–H groups in total.